The van der Waals surface area contributed by atoms with E-state index in [1.54, 1.807) is 11.9 Å². The Hall–Kier alpha value is -2.51. The number of hydrogen-bond acceptors (Lipinski definition) is 5. The molecular formula is C15H19FN2O5. The number of benzene rings is 1. The highest BCUT2D eigenvalue weighted by Crippen LogP contribution is 2.29. The average molecular weight is 326 g/mol. The fourth-order valence-corrected chi connectivity index (χ4v) is 1.92. The normalized spacial score (nSPS) is 10.3. The number of carbonyl (C=O) groups is 2. The van der Waals surface area contributed by atoms with Crippen LogP contribution in [0.4, 0.5) is 10.1 Å². The largest absolute Gasteiger partial charge is 0.490 e. The molecule has 0 saturated carbocycles. The van der Waals surface area contributed by atoms with E-state index in [4.69, 9.17) is 4.74 Å². The molecule has 0 radical (unpaired) electrons. The van der Waals surface area contributed by atoms with Crippen LogP contribution in [0.15, 0.2) is 12.1 Å². The molecule has 126 valence electrons. The summed E-state index contributed by atoms with van der Waals surface area (Å²) in [5, 5.41) is 10.8. The van der Waals surface area contributed by atoms with Gasteiger partial charge in [-0.3, -0.25) is 19.7 Å². The number of halogens is 1. The topological polar surface area (TPSA) is 89.8 Å². The summed E-state index contributed by atoms with van der Waals surface area (Å²) in [6.45, 7) is 3.56. The Labute approximate surface area is 133 Å². The predicted molar refractivity (Wildman–Crippen MR) is 81.1 cm³/mol. The maximum absolute atomic E-state index is 14.2. The van der Waals surface area contributed by atoms with Crippen LogP contribution in [0.2, 0.25) is 0 Å². The lowest BCUT2D eigenvalue weighted by Crippen LogP contribution is -2.26. The van der Waals surface area contributed by atoms with Gasteiger partial charge in [0.2, 0.25) is 5.91 Å². The predicted octanol–water partition coefficient (Wildman–Crippen LogP) is 2.57. The summed E-state index contributed by atoms with van der Waals surface area (Å²) in [5.41, 5.74) is -1.20. The Kier molecular flexibility index (Phi) is 6.62. The van der Waals surface area contributed by atoms with E-state index in [1.165, 1.54) is 0 Å². The van der Waals surface area contributed by atoms with Crippen LogP contribution < -0.4 is 4.74 Å². The molecule has 1 rings (SSSR count). The molecule has 0 aromatic heterocycles. The minimum absolute atomic E-state index is 0.0512. The van der Waals surface area contributed by atoms with E-state index >= 15 is 0 Å². The van der Waals surface area contributed by atoms with Crippen LogP contribution in [0.25, 0.3) is 0 Å². The van der Waals surface area contributed by atoms with Crippen LogP contribution in [-0.4, -0.2) is 41.7 Å². The molecule has 8 heteroatoms. The smallest absolute Gasteiger partial charge is 0.283 e. The van der Waals surface area contributed by atoms with Crippen molar-refractivity contribution >= 4 is 17.4 Å². The minimum Gasteiger partial charge on any atom is -0.490 e. The van der Waals surface area contributed by atoms with Gasteiger partial charge in [-0.25, -0.2) is 4.39 Å². The second kappa shape index (κ2) is 8.21. The van der Waals surface area contributed by atoms with E-state index in [2.05, 4.69) is 0 Å². The first-order chi connectivity index (χ1) is 10.8. The van der Waals surface area contributed by atoms with Crippen LogP contribution in [0, 0.1) is 15.9 Å². The lowest BCUT2D eigenvalue weighted by atomic mass is 10.1. The Bertz CT molecular complexity index is 618. The van der Waals surface area contributed by atoms with Crippen LogP contribution in [-0.2, 0) is 4.79 Å². The fourth-order valence-electron chi connectivity index (χ4n) is 1.92. The molecule has 0 aliphatic rings. The third kappa shape index (κ3) is 4.73. The summed E-state index contributed by atoms with van der Waals surface area (Å²) in [5.74, 6) is -2.09. The van der Waals surface area contributed by atoms with Crippen LogP contribution in [0.5, 0.6) is 5.75 Å². The van der Waals surface area contributed by atoms with E-state index in [9.17, 15) is 24.1 Å². The minimum atomic E-state index is -1.05. The quantitative estimate of drug-likeness (QED) is 0.317. The van der Waals surface area contributed by atoms with Gasteiger partial charge in [0.05, 0.1) is 11.5 Å². The maximum Gasteiger partial charge on any atom is 0.283 e. The Balaban J connectivity index is 2.75. The van der Waals surface area contributed by atoms with E-state index in [0.717, 1.165) is 19.1 Å². The van der Waals surface area contributed by atoms with Crippen LogP contribution in [0.3, 0.4) is 0 Å². The molecule has 0 fully saturated rings. The molecule has 0 atom stereocenters. The molecule has 0 N–H and O–H groups in total. The monoisotopic (exact) mass is 326 g/mol. The van der Waals surface area contributed by atoms with Crippen LogP contribution >= 0.6 is 0 Å². The van der Waals surface area contributed by atoms with Crippen molar-refractivity contribution in [3.05, 3.63) is 33.6 Å². The van der Waals surface area contributed by atoms with Crippen molar-refractivity contribution in [3.8, 4) is 5.75 Å². The molecule has 0 saturated heterocycles. The van der Waals surface area contributed by atoms with Gasteiger partial charge < -0.3 is 9.64 Å². The number of nitro benzene ring substituents is 1. The molecule has 7 nitrogen and oxygen atoms in total. The van der Waals surface area contributed by atoms with Crippen LogP contribution in [0.1, 0.15) is 37.0 Å². The Morgan fingerprint density at radius 3 is 2.57 bits per heavy atom. The van der Waals surface area contributed by atoms with Crippen molar-refractivity contribution < 1.29 is 23.6 Å². The summed E-state index contributed by atoms with van der Waals surface area (Å²) in [7, 11) is 1.68. The van der Waals surface area contributed by atoms with Gasteiger partial charge in [0.1, 0.15) is 5.56 Å². The SMILES string of the molecule is CCN(C)C(=O)CCCOc1ccc([N+](=O)[O-])c(C(C)=O)c1F. The molecular weight excluding hydrogens is 307 g/mol. The van der Waals surface area contributed by atoms with Gasteiger partial charge in [0, 0.05) is 26.1 Å². The number of ether oxygens (including phenoxy) is 1. The number of carbonyl (C=O) groups excluding carboxylic acids is 2. The van der Waals surface area contributed by atoms with Crippen molar-refractivity contribution in [2.24, 2.45) is 0 Å². The van der Waals surface area contributed by atoms with Gasteiger partial charge in [-0.15, -0.1) is 0 Å². The van der Waals surface area contributed by atoms with Crippen molar-refractivity contribution in [3.63, 3.8) is 0 Å². The number of nitrogens with zero attached hydrogens (tertiary/aromatic N) is 2. The Morgan fingerprint density at radius 2 is 2.04 bits per heavy atom. The number of rotatable bonds is 8. The Morgan fingerprint density at radius 1 is 1.39 bits per heavy atom. The average Bonchev–Trinajstić information content (AvgIpc) is 2.50. The van der Waals surface area contributed by atoms with Gasteiger partial charge >= 0.3 is 0 Å². The summed E-state index contributed by atoms with van der Waals surface area (Å²) < 4.78 is 19.4. The molecule has 0 aliphatic heterocycles. The lowest BCUT2D eigenvalue weighted by Gasteiger charge is -2.14. The van der Waals surface area contributed by atoms with E-state index in [0.29, 0.717) is 13.0 Å². The standard InChI is InChI=1S/C15H19FN2O5/c1-4-17(3)13(20)6-5-9-23-12-8-7-11(18(21)22)14(10(2)19)15(12)16/h7-8H,4-6,9H2,1-3H3. The highest BCUT2D eigenvalue weighted by atomic mass is 19.1. The molecule has 0 heterocycles. The lowest BCUT2D eigenvalue weighted by molar-refractivity contribution is -0.385. The molecule has 1 aromatic rings. The summed E-state index contributed by atoms with van der Waals surface area (Å²) in [4.78, 5) is 34.6. The third-order valence-corrected chi connectivity index (χ3v) is 3.33. The molecule has 1 amide bonds. The molecule has 0 unspecified atom stereocenters. The zero-order valence-electron chi connectivity index (χ0n) is 13.3. The summed E-state index contributed by atoms with van der Waals surface area (Å²) in [6, 6.07) is 2.14. The maximum atomic E-state index is 14.2. The first-order valence-corrected chi connectivity index (χ1v) is 7.14. The van der Waals surface area contributed by atoms with Crippen molar-refractivity contribution in [2.45, 2.75) is 26.7 Å². The third-order valence-electron chi connectivity index (χ3n) is 3.33. The number of ketones is 1. The van der Waals surface area contributed by atoms with Crippen molar-refractivity contribution in [2.75, 3.05) is 20.2 Å². The van der Waals surface area contributed by atoms with Gasteiger partial charge in [0.15, 0.2) is 17.3 Å². The molecule has 1 aromatic carbocycles. The zero-order valence-corrected chi connectivity index (χ0v) is 13.3. The second-order valence-corrected chi connectivity index (χ2v) is 4.95. The first kappa shape index (κ1) is 18.5. The van der Waals surface area contributed by atoms with Gasteiger partial charge in [-0.05, 0) is 26.3 Å². The highest BCUT2D eigenvalue weighted by molar-refractivity contribution is 5.98. The summed E-state index contributed by atoms with van der Waals surface area (Å²) in [6.07, 6.45) is 0.619. The van der Waals surface area contributed by atoms with Crippen molar-refractivity contribution in [1.29, 1.82) is 0 Å². The highest BCUT2D eigenvalue weighted by Gasteiger charge is 2.25. The number of amides is 1. The molecule has 0 aliphatic carbocycles. The second-order valence-electron chi connectivity index (χ2n) is 4.95. The van der Waals surface area contributed by atoms with Gasteiger partial charge in [0.25, 0.3) is 5.69 Å². The van der Waals surface area contributed by atoms with Crippen molar-refractivity contribution in [1.82, 2.24) is 4.90 Å². The van der Waals surface area contributed by atoms with Gasteiger partial charge in [-0.1, -0.05) is 0 Å². The number of Topliss-reactive ketones (excluding diaryl/α,β-unsaturated/α-hetero) is 1. The van der Waals surface area contributed by atoms with E-state index in [1.807, 2.05) is 6.92 Å². The summed E-state index contributed by atoms with van der Waals surface area (Å²) >= 11 is 0. The van der Waals surface area contributed by atoms with E-state index in [-0.39, 0.29) is 24.7 Å². The zero-order chi connectivity index (χ0) is 17.6. The fraction of sp³-hybridized carbons (Fsp3) is 0.467. The number of hydrogen-bond donors (Lipinski definition) is 0. The van der Waals surface area contributed by atoms with Gasteiger partial charge in [-0.2, -0.15) is 0 Å². The molecule has 0 spiro atoms. The molecule has 0 bridgehead atoms. The van der Waals surface area contributed by atoms with E-state index < -0.39 is 27.8 Å². The molecule has 23 heavy (non-hydrogen) atoms. The first-order valence-electron chi connectivity index (χ1n) is 7.14. The number of nitro groups is 1.